The first-order valence-electron chi connectivity index (χ1n) is 6.61. The number of benzene rings is 2. The molecule has 0 atom stereocenters. The van der Waals surface area contributed by atoms with E-state index in [4.69, 9.17) is 5.73 Å². The van der Waals surface area contributed by atoms with Crippen molar-refractivity contribution in [3.63, 3.8) is 0 Å². The number of rotatable bonds is 1. The van der Waals surface area contributed by atoms with Gasteiger partial charge in [-0.2, -0.15) is 5.10 Å². The number of aromatic nitrogens is 2. The zero-order valence-corrected chi connectivity index (χ0v) is 11.1. The molecule has 1 amide bonds. The summed E-state index contributed by atoms with van der Waals surface area (Å²) in [5.74, 6) is -0.0576. The Balaban J connectivity index is 1.91. The number of nitrogens with two attached hydrogens (primary N) is 1. The van der Waals surface area contributed by atoms with Gasteiger partial charge in [-0.3, -0.25) is 9.89 Å². The topological polar surface area (TPSA) is 87.0 Å². The third-order valence-electron chi connectivity index (χ3n) is 3.65. The van der Waals surface area contributed by atoms with Crippen LogP contribution in [0.4, 0.5) is 22.7 Å². The largest absolute Gasteiger partial charge is 0.397 e. The van der Waals surface area contributed by atoms with E-state index in [0.29, 0.717) is 5.69 Å². The summed E-state index contributed by atoms with van der Waals surface area (Å²) in [6, 6.07) is 11.5. The second kappa shape index (κ2) is 4.24. The number of fused-ring (bicyclic) bond motifs is 2. The number of para-hydroxylation sites is 2. The van der Waals surface area contributed by atoms with E-state index in [0.717, 1.165) is 28.0 Å². The molecule has 4 rings (SSSR count). The second-order valence-electron chi connectivity index (χ2n) is 5.02. The van der Waals surface area contributed by atoms with E-state index in [-0.39, 0.29) is 12.5 Å². The van der Waals surface area contributed by atoms with Crippen LogP contribution in [0.3, 0.4) is 0 Å². The molecule has 2 aromatic carbocycles. The maximum absolute atomic E-state index is 11.9. The normalized spacial score (nSPS) is 14.1. The van der Waals surface area contributed by atoms with E-state index in [2.05, 4.69) is 15.5 Å². The molecule has 21 heavy (non-hydrogen) atoms. The Morgan fingerprint density at radius 1 is 1.19 bits per heavy atom. The van der Waals surface area contributed by atoms with E-state index in [1.807, 2.05) is 41.3 Å². The molecule has 0 saturated heterocycles. The molecule has 4 N–H and O–H groups in total. The van der Waals surface area contributed by atoms with E-state index in [1.54, 1.807) is 6.20 Å². The lowest BCUT2D eigenvalue weighted by Gasteiger charge is -2.31. The van der Waals surface area contributed by atoms with Gasteiger partial charge in [-0.25, -0.2) is 0 Å². The van der Waals surface area contributed by atoms with Crippen LogP contribution in [0.5, 0.6) is 0 Å². The summed E-state index contributed by atoms with van der Waals surface area (Å²) in [4.78, 5) is 13.8. The number of carbonyl (C=O) groups is 1. The molecule has 6 heteroatoms. The SMILES string of the molecule is Nc1cc2cn[nH]c2cc1N1CC(=O)Nc2ccccc21. The Hall–Kier alpha value is -3.02. The molecule has 0 saturated carbocycles. The van der Waals surface area contributed by atoms with Crippen molar-refractivity contribution < 1.29 is 4.79 Å². The maximum atomic E-state index is 11.9. The van der Waals surface area contributed by atoms with Gasteiger partial charge in [-0.1, -0.05) is 12.1 Å². The standard InChI is InChI=1S/C15H13N5O/c16-10-5-9-7-17-19-12(9)6-14(10)20-8-15(21)18-11-3-1-2-4-13(11)20/h1-7H,8,16H2,(H,17,19)(H,18,21). The average Bonchev–Trinajstić information content (AvgIpc) is 2.92. The van der Waals surface area contributed by atoms with Crippen LogP contribution in [-0.2, 0) is 4.79 Å². The summed E-state index contributed by atoms with van der Waals surface area (Å²) < 4.78 is 0. The van der Waals surface area contributed by atoms with Crippen LogP contribution in [0.15, 0.2) is 42.6 Å². The van der Waals surface area contributed by atoms with Crippen LogP contribution in [-0.4, -0.2) is 22.6 Å². The average molecular weight is 279 g/mol. The third-order valence-corrected chi connectivity index (χ3v) is 3.65. The highest BCUT2D eigenvalue weighted by Crippen LogP contribution is 2.38. The summed E-state index contributed by atoms with van der Waals surface area (Å²) in [7, 11) is 0. The first-order chi connectivity index (χ1) is 10.2. The van der Waals surface area contributed by atoms with Crippen molar-refractivity contribution in [3.05, 3.63) is 42.6 Å². The number of anilines is 4. The zero-order valence-electron chi connectivity index (χ0n) is 11.1. The molecular formula is C15H13N5O. The van der Waals surface area contributed by atoms with Crippen LogP contribution in [0.1, 0.15) is 0 Å². The number of nitrogens with zero attached hydrogens (tertiary/aromatic N) is 2. The number of aromatic amines is 1. The quantitative estimate of drug-likeness (QED) is 0.596. The van der Waals surface area contributed by atoms with Gasteiger partial charge in [0.2, 0.25) is 5.91 Å². The van der Waals surface area contributed by atoms with E-state index < -0.39 is 0 Å². The molecule has 1 aromatic heterocycles. The van der Waals surface area contributed by atoms with Gasteiger partial charge in [-0.15, -0.1) is 0 Å². The number of hydrogen-bond donors (Lipinski definition) is 3. The lowest BCUT2D eigenvalue weighted by molar-refractivity contribution is -0.115. The predicted octanol–water partition coefficient (Wildman–Crippen LogP) is 2.24. The molecule has 0 aliphatic carbocycles. The van der Waals surface area contributed by atoms with Gasteiger partial charge in [0.1, 0.15) is 6.54 Å². The van der Waals surface area contributed by atoms with Gasteiger partial charge in [0.15, 0.2) is 0 Å². The molecule has 0 bridgehead atoms. The molecule has 1 aliphatic heterocycles. The lowest BCUT2D eigenvalue weighted by Crippen LogP contribution is -2.35. The van der Waals surface area contributed by atoms with Gasteiger partial charge in [-0.05, 0) is 24.3 Å². The lowest BCUT2D eigenvalue weighted by atomic mass is 10.1. The maximum Gasteiger partial charge on any atom is 0.244 e. The Bertz CT molecular complexity index is 854. The van der Waals surface area contributed by atoms with Crippen LogP contribution < -0.4 is 16.0 Å². The number of nitrogen functional groups attached to an aromatic ring is 1. The fraction of sp³-hybridized carbons (Fsp3) is 0.0667. The minimum Gasteiger partial charge on any atom is -0.397 e. The zero-order chi connectivity index (χ0) is 14.4. The van der Waals surface area contributed by atoms with Gasteiger partial charge in [0.25, 0.3) is 0 Å². The van der Waals surface area contributed by atoms with Crippen LogP contribution >= 0.6 is 0 Å². The number of hydrogen-bond acceptors (Lipinski definition) is 4. The van der Waals surface area contributed by atoms with Gasteiger partial charge in [0.05, 0.1) is 34.5 Å². The van der Waals surface area contributed by atoms with Crippen molar-refractivity contribution in [1.82, 2.24) is 10.2 Å². The summed E-state index contributed by atoms with van der Waals surface area (Å²) in [5.41, 5.74) is 10.2. The summed E-state index contributed by atoms with van der Waals surface area (Å²) in [5, 5.41) is 10.8. The highest BCUT2D eigenvalue weighted by Gasteiger charge is 2.24. The van der Waals surface area contributed by atoms with Crippen LogP contribution in [0, 0.1) is 0 Å². The molecule has 6 nitrogen and oxygen atoms in total. The molecule has 3 aromatic rings. The molecule has 2 heterocycles. The number of amides is 1. The Morgan fingerprint density at radius 3 is 2.95 bits per heavy atom. The smallest absolute Gasteiger partial charge is 0.244 e. The molecule has 1 aliphatic rings. The van der Waals surface area contributed by atoms with Crippen molar-refractivity contribution in [2.45, 2.75) is 0 Å². The molecule has 0 spiro atoms. The minimum atomic E-state index is -0.0576. The number of carbonyl (C=O) groups excluding carboxylic acids is 1. The molecule has 0 fully saturated rings. The van der Waals surface area contributed by atoms with Crippen LogP contribution in [0.2, 0.25) is 0 Å². The Kier molecular flexibility index (Phi) is 2.38. The molecule has 0 unspecified atom stereocenters. The van der Waals surface area contributed by atoms with Crippen LogP contribution in [0.25, 0.3) is 10.9 Å². The minimum absolute atomic E-state index is 0.0576. The van der Waals surface area contributed by atoms with Gasteiger partial charge < -0.3 is 16.0 Å². The Morgan fingerprint density at radius 2 is 2.05 bits per heavy atom. The molecule has 0 radical (unpaired) electrons. The van der Waals surface area contributed by atoms with E-state index in [9.17, 15) is 4.79 Å². The van der Waals surface area contributed by atoms with Crippen molar-refractivity contribution in [2.24, 2.45) is 0 Å². The van der Waals surface area contributed by atoms with Crippen molar-refractivity contribution in [1.29, 1.82) is 0 Å². The summed E-state index contributed by atoms with van der Waals surface area (Å²) >= 11 is 0. The van der Waals surface area contributed by atoms with Crippen molar-refractivity contribution in [2.75, 3.05) is 22.5 Å². The molecule has 104 valence electrons. The highest BCUT2D eigenvalue weighted by molar-refractivity contribution is 6.05. The summed E-state index contributed by atoms with van der Waals surface area (Å²) in [6.45, 7) is 0.237. The highest BCUT2D eigenvalue weighted by atomic mass is 16.2. The fourth-order valence-corrected chi connectivity index (χ4v) is 2.68. The number of H-pyrrole nitrogens is 1. The van der Waals surface area contributed by atoms with Crippen molar-refractivity contribution >= 4 is 39.6 Å². The summed E-state index contributed by atoms with van der Waals surface area (Å²) in [6.07, 6.45) is 1.73. The first kappa shape index (κ1) is 11.8. The fourth-order valence-electron chi connectivity index (χ4n) is 2.68. The second-order valence-corrected chi connectivity index (χ2v) is 5.02. The van der Waals surface area contributed by atoms with Gasteiger partial charge in [0, 0.05) is 5.39 Å². The Labute approximate surface area is 120 Å². The predicted molar refractivity (Wildman–Crippen MR) is 82.6 cm³/mol. The third kappa shape index (κ3) is 1.80. The first-order valence-corrected chi connectivity index (χ1v) is 6.61. The number of nitrogens with one attached hydrogen (secondary N) is 2. The monoisotopic (exact) mass is 279 g/mol. The molecular weight excluding hydrogens is 266 g/mol. The van der Waals surface area contributed by atoms with Crippen molar-refractivity contribution in [3.8, 4) is 0 Å². The van der Waals surface area contributed by atoms with E-state index >= 15 is 0 Å². The van der Waals surface area contributed by atoms with E-state index in [1.165, 1.54) is 0 Å². The van der Waals surface area contributed by atoms with Gasteiger partial charge >= 0.3 is 0 Å².